The molecule has 0 aromatic heterocycles. The maximum Gasteiger partial charge on any atom is 0.239 e. The highest BCUT2D eigenvalue weighted by Gasteiger charge is 2.35. The van der Waals surface area contributed by atoms with Crippen molar-refractivity contribution in [2.24, 2.45) is 0 Å². The van der Waals surface area contributed by atoms with Crippen LogP contribution in [0.1, 0.15) is 13.3 Å². The van der Waals surface area contributed by atoms with Crippen molar-refractivity contribution in [3.8, 4) is 0 Å². The summed E-state index contributed by atoms with van der Waals surface area (Å²) in [7, 11) is -1.30. The van der Waals surface area contributed by atoms with Gasteiger partial charge in [0.25, 0.3) is 0 Å². The minimum atomic E-state index is -3.01. The van der Waals surface area contributed by atoms with Gasteiger partial charge in [-0.1, -0.05) is 0 Å². The van der Waals surface area contributed by atoms with E-state index in [2.05, 4.69) is 9.80 Å². The van der Waals surface area contributed by atoms with Gasteiger partial charge in [-0.15, -0.1) is 0 Å². The van der Waals surface area contributed by atoms with Crippen LogP contribution < -0.4 is 4.90 Å². The van der Waals surface area contributed by atoms with Crippen molar-refractivity contribution in [2.75, 3.05) is 49.6 Å². The molecule has 2 saturated heterocycles. The molecule has 0 bridgehead atoms. The summed E-state index contributed by atoms with van der Waals surface area (Å²) in [6, 6.07) is 5.97. The van der Waals surface area contributed by atoms with Gasteiger partial charge in [-0.25, -0.2) is 12.8 Å². The van der Waals surface area contributed by atoms with Crippen LogP contribution in [0.2, 0.25) is 0 Å². The first-order valence-corrected chi connectivity index (χ1v) is 10.8. The minimum Gasteiger partial charge on any atom is -0.369 e. The molecule has 0 N–H and O–H groups in total. The first-order valence-electron chi connectivity index (χ1n) is 8.98. The van der Waals surface area contributed by atoms with E-state index in [0.29, 0.717) is 6.42 Å². The SMILES string of the molecule is C[C@H](C(=O)N(C)[C@@H]1CCS(=O)(=O)C1)N1CCN(c2ccc(F)cc2)CC1. The summed E-state index contributed by atoms with van der Waals surface area (Å²) in [5.41, 5.74) is 0.985. The van der Waals surface area contributed by atoms with Crippen molar-refractivity contribution in [2.45, 2.75) is 25.4 Å². The molecule has 2 fully saturated rings. The Morgan fingerprint density at radius 3 is 2.35 bits per heavy atom. The lowest BCUT2D eigenvalue weighted by Gasteiger charge is -2.40. The number of hydrogen-bond acceptors (Lipinski definition) is 5. The number of sulfone groups is 1. The number of benzene rings is 1. The minimum absolute atomic E-state index is 0.0256. The van der Waals surface area contributed by atoms with Crippen molar-refractivity contribution >= 4 is 21.4 Å². The fourth-order valence-electron chi connectivity index (χ4n) is 3.73. The van der Waals surface area contributed by atoms with Crippen LogP contribution in [0.15, 0.2) is 24.3 Å². The molecule has 2 aliphatic heterocycles. The molecule has 2 aliphatic rings. The van der Waals surface area contributed by atoms with Crippen molar-refractivity contribution in [1.82, 2.24) is 9.80 Å². The van der Waals surface area contributed by atoms with Gasteiger partial charge in [0.1, 0.15) is 5.82 Å². The Labute approximate surface area is 154 Å². The average Bonchev–Trinajstić information content (AvgIpc) is 3.00. The van der Waals surface area contributed by atoms with E-state index >= 15 is 0 Å². The van der Waals surface area contributed by atoms with Gasteiger partial charge in [-0.2, -0.15) is 0 Å². The first-order chi connectivity index (χ1) is 12.3. The van der Waals surface area contributed by atoms with Crippen molar-refractivity contribution in [1.29, 1.82) is 0 Å². The van der Waals surface area contributed by atoms with Crippen LogP contribution >= 0.6 is 0 Å². The number of likely N-dealkylation sites (N-methyl/N-ethyl adjacent to an activating group) is 1. The van der Waals surface area contributed by atoms with Crippen LogP contribution in [-0.4, -0.2) is 80.9 Å². The molecule has 26 heavy (non-hydrogen) atoms. The third-order valence-corrected chi connectivity index (χ3v) is 7.27. The second-order valence-electron chi connectivity index (χ2n) is 7.18. The number of carbonyl (C=O) groups excluding carboxylic acids is 1. The molecule has 144 valence electrons. The smallest absolute Gasteiger partial charge is 0.239 e. The molecule has 1 aromatic carbocycles. The molecule has 2 heterocycles. The number of anilines is 1. The Balaban J connectivity index is 1.55. The van der Waals surface area contributed by atoms with Crippen LogP contribution in [0.25, 0.3) is 0 Å². The van der Waals surface area contributed by atoms with E-state index in [1.54, 1.807) is 24.1 Å². The lowest BCUT2D eigenvalue weighted by molar-refractivity contribution is -0.136. The van der Waals surface area contributed by atoms with Crippen LogP contribution in [0, 0.1) is 5.82 Å². The molecule has 0 unspecified atom stereocenters. The molecule has 0 saturated carbocycles. The zero-order chi connectivity index (χ0) is 18.9. The average molecular weight is 383 g/mol. The summed E-state index contributed by atoms with van der Waals surface area (Å²) < 4.78 is 36.4. The molecule has 2 atom stereocenters. The van der Waals surface area contributed by atoms with E-state index in [9.17, 15) is 17.6 Å². The van der Waals surface area contributed by atoms with Crippen molar-refractivity contribution in [3.63, 3.8) is 0 Å². The van der Waals surface area contributed by atoms with Gasteiger partial charge >= 0.3 is 0 Å². The van der Waals surface area contributed by atoms with E-state index in [4.69, 9.17) is 0 Å². The standard InChI is InChI=1S/C18H26FN3O3S/c1-14(18(23)20(2)17-7-12-26(24,25)13-17)21-8-10-22(11-9-21)16-5-3-15(19)4-6-16/h3-6,14,17H,7-13H2,1-2H3/t14-,17-/m1/s1. The van der Waals surface area contributed by atoms with Crippen LogP contribution in [0.3, 0.4) is 0 Å². The van der Waals surface area contributed by atoms with E-state index in [1.807, 2.05) is 6.92 Å². The second kappa shape index (κ2) is 7.52. The highest BCUT2D eigenvalue weighted by atomic mass is 32.2. The summed E-state index contributed by atoms with van der Waals surface area (Å²) in [4.78, 5) is 18.7. The van der Waals surface area contributed by atoms with Crippen LogP contribution in [0.5, 0.6) is 0 Å². The highest BCUT2D eigenvalue weighted by Crippen LogP contribution is 2.20. The number of hydrogen-bond donors (Lipinski definition) is 0. The number of amides is 1. The quantitative estimate of drug-likeness (QED) is 0.776. The molecular formula is C18H26FN3O3S. The van der Waals surface area contributed by atoms with Gasteiger partial charge < -0.3 is 9.80 Å². The molecule has 0 spiro atoms. The summed E-state index contributed by atoms with van der Waals surface area (Å²) >= 11 is 0. The normalized spacial score (nSPS) is 24.4. The zero-order valence-corrected chi connectivity index (χ0v) is 16.1. The predicted molar refractivity (Wildman–Crippen MR) is 99.5 cm³/mol. The van der Waals surface area contributed by atoms with Gasteiger partial charge in [-0.3, -0.25) is 9.69 Å². The van der Waals surface area contributed by atoms with E-state index < -0.39 is 9.84 Å². The number of rotatable bonds is 4. The third-order valence-electron chi connectivity index (χ3n) is 5.51. The Kier molecular flexibility index (Phi) is 5.53. The lowest BCUT2D eigenvalue weighted by Crippen LogP contribution is -2.55. The molecule has 0 aliphatic carbocycles. The molecule has 6 nitrogen and oxygen atoms in total. The largest absolute Gasteiger partial charge is 0.369 e. The summed E-state index contributed by atoms with van der Waals surface area (Å²) in [6.45, 7) is 4.90. The van der Waals surface area contributed by atoms with Gasteiger partial charge in [-0.05, 0) is 37.6 Å². The Bertz CT molecular complexity index is 745. The molecular weight excluding hydrogens is 357 g/mol. The fourth-order valence-corrected chi connectivity index (χ4v) is 5.51. The molecule has 8 heteroatoms. The van der Waals surface area contributed by atoms with Crippen molar-refractivity contribution < 1.29 is 17.6 Å². The Morgan fingerprint density at radius 2 is 1.81 bits per heavy atom. The van der Waals surface area contributed by atoms with E-state index in [0.717, 1.165) is 31.9 Å². The summed E-state index contributed by atoms with van der Waals surface area (Å²) in [6.07, 6.45) is 0.523. The van der Waals surface area contributed by atoms with Gasteiger partial charge in [0, 0.05) is 45.0 Å². The lowest BCUT2D eigenvalue weighted by atomic mass is 10.1. The van der Waals surface area contributed by atoms with Crippen LogP contribution in [-0.2, 0) is 14.6 Å². The number of piperazine rings is 1. The molecule has 0 radical (unpaired) electrons. The second-order valence-corrected chi connectivity index (χ2v) is 9.41. The summed E-state index contributed by atoms with van der Waals surface area (Å²) in [5.74, 6) is -0.0359. The van der Waals surface area contributed by atoms with E-state index in [1.165, 1.54) is 12.1 Å². The maximum absolute atomic E-state index is 13.1. The van der Waals surface area contributed by atoms with Crippen molar-refractivity contribution in [3.05, 3.63) is 30.1 Å². The number of nitrogens with zero attached hydrogens (tertiary/aromatic N) is 3. The number of halogens is 1. The van der Waals surface area contributed by atoms with Crippen LogP contribution in [0.4, 0.5) is 10.1 Å². The monoisotopic (exact) mass is 383 g/mol. The van der Waals surface area contributed by atoms with Gasteiger partial charge in [0.15, 0.2) is 9.84 Å². The van der Waals surface area contributed by atoms with Gasteiger partial charge in [0.05, 0.1) is 17.5 Å². The fraction of sp³-hybridized carbons (Fsp3) is 0.611. The van der Waals surface area contributed by atoms with Gasteiger partial charge in [0.2, 0.25) is 5.91 Å². The zero-order valence-electron chi connectivity index (χ0n) is 15.3. The van der Waals surface area contributed by atoms with E-state index in [-0.39, 0.29) is 35.3 Å². The Hall–Kier alpha value is -1.67. The summed E-state index contributed by atoms with van der Waals surface area (Å²) in [5, 5.41) is 0. The molecule has 1 aromatic rings. The Morgan fingerprint density at radius 1 is 1.19 bits per heavy atom. The first kappa shape index (κ1) is 19.1. The third kappa shape index (κ3) is 4.17. The topological polar surface area (TPSA) is 60.9 Å². The molecule has 3 rings (SSSR count). The number of carbonyl (C=O) groups is 1. The molecule has 1 amide bonds. The highest BCUT2D eigenvalue weighted by molar-refractivity contribution is 7.91. The predicted octanol–water partition coefficient (Wildman–Crippen LogP) is 0.982. The maximum atomic E-state index is 13.1.